The number of carboxylic acid groups (broad SMARTS) is 1. The molecule has 3 N–H and O–H groups in total. The summed E-state index contributed by atoms with van der Waals surface area (Å²) in [4.78, 5) is 31.8. The Kier molecular flexibility index (Phi) is 5.63. The first-order chi connectivity index (χ1) is 13.3. The van der Waals surface area contributed by atoms with Crippen LogP contribution in [0.5, 0.6) is 0 Å². The van der Waals surface area contributed by atoms with Crippen molar-refractivity contribution in [3.05, 3.63) is 59.5 Å². The predicted molar refractivity (Wildman–Crippen MR) is 103 cm³/mol. The number of primary amides is 1. The van der Waals surface area contributed by atoms with Gasteiger partial charge >= 0.3 is 5.97 Å². The highest BCUT2D eigenvalue weighted by atomic mass is 19.1. The number of hydrogen-bond acceptors (Lipinski definition) is 4. The number of benzene rings is 2. The molecule has 1 aromatic heterocycles. The zero-order valence-electron chi connectivity index (χ0n) is 15.4. The van der Waals surface area contributed by atoms with Crippen LogP contribution in [-0.2, 0) is 11.2 Å². The van der Waals surface area contributed by atoms with Crippen molar-refractivity contribution >= 4 is 22.9 Å². The Morgan fingerprint density at radius 3 is 2.46 bits per heavy atom. The van der Waals surface area contributed by atoms with Crippen molar-refractivity contribution in [2.45, 2.75) is 26.2 Å². The number of aliphatic carboxylic acids is 1. The predicted octanol–water partition coefficient (Wildman–Crippen LogP) is 3.58. The number of aryl methyl sites for hydroxylation is 1. The van der Waals surface area contributed by atoms with Crippen LogP contribution in [-0.4, -0.2) is 27.0 Å². The van der Waals surface area contributed by atoms with Crippen LogP contribution < -0.4 is 5.73 Å². The molecule has 0 unspecified atom stereocenters. The Hall–Kier alpha value is -3.35. The molecule has 144 valence electrons. The van der Waals surface area contributed by atoms with Gasteiger partial charge in [0.05, 0.1) is 28.3 Å². The average Bonchev–Trinajstić information content (AvgIpc) is 2.67. The third-order valence-electron chi connectivity index (χ3n) is 4.61. The van der Waals surface area contributed by atoms with Gasteiger partial charge in [-0.15, -0.1) is 0 Å². The zero-order chi connectivity index (χ0) is 20.3. The monoisotopic (exact) mass is 381 g/mol. The molecule has 7 heteroatoms. The molecular weight excluding hydrogens is 361 g/mol. The van der Waals surface area contributed by atoms with Gasteiger partial charge in [0.15, 0.2) is 0 Å². The summed E-state index contributed by atoms with van der Waals surface area (Å²) in [5.41, 5.74) is 8.79. The van der Waals surface area contributed by atoms with Gasteiger partial charge in [-0.25, -0.2) is 14.4 Å². The zero-order valence-corrected chi connectivity index (χ0v) is 15.4. The molecule has 0 fully saturated rings. The number of hydrogen-bond donors (Lipinski definition) is 2. The highest BCUT2D eigenvalue weighted by molar-refractivity contribution is 5.96. The summed E-state index contributed by atoms with van der Waals surface area (Å²) in [5.74, 6) is -2.19. The number of carbonyl (C=O) groups excluding carboxylic acids is 1. The summed E-state index contributed by atoms with van der Waals surface area (Å²) in [6.07, 6.45) is 1.62. The lowest BCUT2D eigenvalue weighted by molar-refractivity contribution is -0.141. The van der Waals surface area contributed by atoms with Crippen molar-refractivity contribution in [3.63, 3.8) is 0 Å². The number of amides is 1. The van der Waals surface area contributed by atoms with E-state index < -0.39 is 17.8 Å². The number of carbonyl (C=O) groups is 2. The molecule has 0 spiro atoms. The molecule has 0 aliphatic carbocycles. The molecule has 1 atom stereocenters. The lowest BCUT2D eigenvalue weighted by Crippen LogP contribution is -2.11. The van der Waals surface area contributed by atoms with Crippen LogP contribution in [0.4, 0.5) is 4.39 Å². The quantitative estimate of drug-likeness (QED) is 0.651. The van der Waals surface area contributed by atoms with Crippen LogP contribution in [0.3, 0.4) is 0 Å². The molecule has 6 nitrogen and oxygen atoms in total. The minimum absolute atomic E-state index is 0.335. The maximum atomic E-state index is 13.3. The Labute approximate surface area is 161 Å². The first-order valence-corrected chi connectivity index (χ1v) is 8.94. The minimum Gasteiger partial charge on any atom is -0.481 e. The molecule has 1 heterocycles. The molecule has 3 aromatic rings. The van der Waals surface area contributed by atoms with Crippen molar-refractivity contribution < 1.29 is 19.1 Å². The number of nitrogens with zero attached hydrogens (tertiary/aromatic N) is 2. The number of rotatable bonds is 7. The van der Waals surface area contributed by atoms with Crippen molar-refractivity contribution in [2.24, 2.45) is 11.7 Å². The molecule has 0 aliphatic rings. The van der Waals surface area contributed by atoms with Gasteiger partial charge in [0.1, 0.15) is 5.82 Å². The van der Waals surface area contributed by atoms with Crippen molar-refractivity contribution in [3.8, 4) is 11.3 Å². The topological polar surface area (TPSA) is 106 Å². The SMILES string of the molecule is C[C@@H](CCCc1nc2cc(C(N)=O)ccc2nc1-c1ccc(F)cc1)C(=O)O. The third-order valence-corrected chi connectivity index (χ3v) is 4.61. The standard InChI is InChI=1S/C21H20FN3O3/c1-12(21(27)28)3-2-4-17-19(13-5-8-15(22)9-6-13)25-16-10-7-14(20(23)26)11-18(16)24-17/h5-12H,2-4H2,1H3,(H2,23,26)(H,27,28)/t12-/m0/s1. The van der Waals surface area contributed by atoms with Gasteiger partial charge in [0.2, 0.25) is 5.91 Å². The minimum atomic E-state index is -0.838. The highest BCUT2D eigenvalue weighted by Crippen LogP contribution is 2.26. The van der Waals surface area contributed by atoms with Crippen LogP contribution in [0, 0.1) is 11.7 Å². The molecule has 0 saturated carbocycles. The van der Waals surface area contributed by atoms with E-state index in [1.165, 1.54) is 12.1 Å². The number of halogens is 1. The fraction of sp³-hybridized carbons (Fsp3) is 0.238. The van der Waals surface area contributed by atoms with Crippen LogP contribution in [0.2, 0.25) is 0 Å². The molecule has 2 aromatic carbocycles. The van der Waals surface area contributed by atoms with E-state index in [9.17, 15) is 14.0 Å². The fourth-order valence-corrected chi connectivity index (χ4v) is 2.96. The lowest BCUT2D eigenvalue weighted by atomic mass is 10.0. The van der Waals surface area contributed by atoms with Gasteiger partial charge in [-0.2, -0.15) is 0 Å². The van der Waals surface area contributed by atoms with Crippen LogP contribution in [0.15, 0.2) is 42.5 Å². The first kappa shape index (κ1) is 19.4. The summed E-state index contributed by atoms with van der Waals surface area (Å²) in [6, 6.07) is 10.8. The number of fused-ring (bicyclic) bond motifs is 1. The Balaban J connectivity index is 2.02. The van der Waals surface area contributed by atoms with Gasteiger partial charge in [-0.3, -0.25) is 9.59 Å². The maximum Gasteiger partial charge on any atom is 0.306 e. The first-order valence-electron chi connectivity index (χ1n) is 8.94. The average molecular weight is 381 g/mol. The summed E-state index contributed by atoms with van der Waals surface area (Å²) >= 11 is 0. The van der Waals surface area contributed by atoms with Gasteiger partial charge in [0, 0.05) is 11.1 Å². The number of carboxylic acids is 1. The van der Waals surface area contributed by atoms with Crippen molar-refractivity contribution in [1.82, 2.24) is 9.97 Å². The highest BCUT2D eigenvalue weighted by Gasteiger charge is 2.15. The molecule has 0 bridgehead atoms. The smallest absolute Gasteiger partial charge is 0.306 e. The van der Waals surface area contributed by atoms with E-state index in [1.54, 1.807) is 37.3 Å². The normalized spacial score (nSPS) is 12.1. The largest absolute Gasteiger partial charge is 0.481 e. The van der Waals surface area contributed by atoms with E-state index in [-0.39, 0.29) is 5.82 Å². The molecule has 0 aliphatic heterocycles. The second kappa shape index (κ2) is 8.12. The van der Waals surface area contributed by atoms with E-state index in [0.717, 1.165) is 5.56 Å². The van der Waals surface area contributed by atoms with Gasteiger partial charge < -0.3 is 10.8 Å². The van der Waals surface area contributed by atoms with E-state index in [2.05, 4.69) is 9.97 Å². The number of aromatic nitrogens is 2. The van der Waals surface area contributed by atoms with E-state index in [4.69, 9.17) is 10.8 Å². The summed E-state index contributed by atoms with van der Waals surface area (Å²) in [6.45, 7) is 1.66. The summed E-state index contributed by atoms with van der Waals surface area (Å²) in [7, 11) is 0. The van der Waals surface area contributed by atoms with Crippen LogP contribution >= 0.6 is 0 Å². The summed E-state index contributed by atoms with van der Waals surface area (Å²) < 4.78 is 13.3. The lowest BCUT2D eigenvalue weighted by Gasteiger charge is -2.12. The number of nitrogens with two attached hydrogens (primary N) is 1. The molecule has 28 heavy (non-hydrogen) atoms. The molecule has 0 saturated heterocycles. The third kappa shape index (κ3) is 4.31. The van der Waals surface area contributed by atoms with E-state index in [1.807, 2.05) is 0 Å². The van der Waals surface area contributed by atoms with Gasteiger partial charge in [0.25, 0.3) is 0 Å². The molecular formula is C21H20FN3O3. The molecule has 3 rings (SSSR count). The second-order valence-electron chi connectivity index (χ2n) is 6.73. The van der Waals surface area contributed by atoms with E-state index >= 15 is 0 Å². The Morgan fingerprint density at radius 1 is 1.11 bits per heavy atom. The van der Waals surface area contributed by atoms with Crippen LogP contribution in [0.1, 0.15) is 35.8 Å². The van der Waals surface area contributed by atoms with Crippen LogP contribution in [0.25, 0.3) is 22.3 Å². The Bertz CT molecular complexity index is 1030. The van der Waals surface area contributed by atoms with Crippen molar-refractivity contribution in [1.29, 1.82) is 0 Å². The molecule has 1 amide bonds. The molecule has 0 radical (unpaired) electrons. The van der Waals surface area contributed by atoms with Gasteiger partial charge in [-0.1, -0.05) is 6.92 Å². The van der Waals surface area contributed by atoms with Crippen molar-refractivity contribution in [2.75, 3.05) is 0 Å². The maximum absolute atomic E-state index is 13.3. The fourth-order valence-electron chi connectivity index (χ4n) is 2.96. The summed E-state index contributed by atoms with van der Waals surface area (Å²) in [5, 5.41) is 9.05. The van der Waals surface area contributed by atoms with Gasteiger partial charge in [-0.05, 0) is 61.7 Å². The Morgan fingerprint density at radius 2 is 1.82 bits per heavy atom. The second-order valence-corrected chi connectivity index (χ2v) is 6.73. The van der Waals surface area contributed by atoms with E-state index in [0.29, 0.717) is 47.2 Å².